The van der Waals surface area contributed by atoms with Crippen molar-refractivity contribution in [3.05, 3.63) is 48.0 Å². The van der Waals surface area contributed by atoms with Gasteiger partial charge < -0.3 is 5.32 Å². The smallest absolute Gasteiger partial charge is 0.0240 e. The molecule has 3 rings (SSSR count). The third kappa shape index (κ3) is 3.26. The topological polar surface area (TPSA) is 15.3 Å². The molecular formula is C17H24N2. The van der Waals surface area contributed by atoms with Crippen molar-refractivity contribution in [2.75, 3.05) is 19.6 Å². The highest BCUT2D eigenvalue weighted by Gasteiger charge is 2.33. The molecule has 0 saturated carbocycles. The van der Waals surface area contributed by atoms with E-state index in [2.05, 4.69) is 52.7 Å². The number of likely N-dealkylation sites (tertiary alicyclic amines) is 1. The number of hydrogen-bond acceptors (Lipinski definition) is 2. The minimum Gasteiger partial charge on any atom is -0.311 e. The molecule has 102 valence electrons. The van der Waals surface area contributed by atoms with Gasteiger partial charge in [0.15, 0.2) is 0 Å². The Bertz CT molecular complexity index is 416. The van der Waals surface area contributed by atoms with Gasteiger partial charge in [0.25, 0.3) is 0 Å². The van der Waals surface area contributed by atoms with Gasteiger partial charge in [-0.05, 0) is 37.8 Å². The molecule has 1 saturated heterocycles. The Morgan fingerprint density at radius 2 is 1.84 bits per heavy atom. The van der Waals surface area contributed by atoms with E-state index >= 15 is 0 Å². The normalized spacial score (nSPS) is 23.4. The number of hydrogen-bond donors (Lipinski definition) is 1. The van der Waals surface area contributed by atoms with Crippen molar-refractivity contribution in [2.45, 2.75) is 37.8 Å². The molecule has 2 heterocycles. The minimum atomic E-state index is 0.389. The fraction of sp³-hybridized carbons (Fsp3) is 0.529. The fourth-order valence-electron chi connectivity index (χ4n) is 3.28. The average molecular weight is 256 g/mol. The van der Waals surface area contributed by atoms with E-state index in [0.29, 0.717) is 5.54 Å². The molecule has 1 fully saturated rings. The second-order valence-corrected chi connectivity index (χ2v) is 5.93. The molecule has 2 heteroatoms. The highest BCUT2D eigenvalue weighted by molar-refractivity contribution is 5.14. The van der Waals surface area contributed by atoms with E-state index in [-0.39, 0.29) is 0 Å². The number of rotatable bonds is 2. The molecule has 0 atom stereocenters. The molecule has 0 unspecified atom stereocenters. The van der Waals surface area contributed by atoms with Gasteiger partial charge in [0.1, 0.15) is 0 Å². The van der Waals surface area contributed by atoms with Crippen LogP contribution in [0.4, 0.5) is 0 Å². The second kappa shape index (κ2) is 5.89. The molecule has 0 aliphatic carbocycles. The lowest BCUT2D eigenvalue weighted by molar-refractivity contribution is 0.132. The molecule has 19 heavy (non-hydrogen) atoms. The zero-order valence-corrected chi connectivity index (χ0v) is 11.6. The van der Waals surface area contributed by atoms with Crippen molar-refractivity contribution in [1.82, 2.24) is 10.2 Å². The van der Waals surface area contributed by atoms with E-state index < -0.39 is 0 Å². The predicted octanol–water partition coefficient (Wildman–Crippen LogP) is 2.96. The molecular weight excluding hydrogens is 232 g/mol. The summed E-state index contributed by atoms with van der Waals surface area (Å²) in [5, 5.41) is 3.79. The summed E-state index contributed by atoms with van der Waals surface area (Å²) >= 11 is 0. The molecule has 1 spiro atoms. The van der Waals surface area contributed by atoms with Crippen LogP contribution in [0.3, 0.4) is 0 Å². The molecule has 0 amide bonds. The lowest BCUT2D eigenvalue weighted by atomic mass is 9.84. The van der Waals surface area contributed by atoms with Crippen LogP contribution in [0.25, 0.3) is 0 Å². The predicted molar refractivity (Wildman–Crippen MR) is 80.1 cm³/mol. The first-order chi connectivity index (χ1) is 9.36. The van der Waals surface area contributed by atoms with Gasteiger partial charge >= 0.3 is 0 Å². The zero-order valence-electron chi connectivity index (χ0n) is 11.6. The first kappa shape index (κ1) is 12.9. The van der Waals surface area contributed by atoms with Crippen LogP contribution in [0.1, 0.15) is 31.2 Å². The van der Waals surface area contributed by atoms with Crippen molar-refractivity contribution >= 4 is 0 Å². The lowest BCUT2D eigenvalue weighted by Crippen LogP contribution is -2.52. The summed E-state index contributed by atoms with van der Waals surface area (Å²) in [5.41, 5.74) is 1.83. The Kier molecular flexibility index (Phi) is 4.00. The Labute approximate surface area is 116 Å². The van der Waals surface area contributed by atoms with Gasteiger partial charge in [-0.2, -0.15) is 0 Å². The van der Waals surface area contributed by atoms with Crippen molar-refractivity contribution in [1.29, 1.82) is 0 Å². The Morgan fingerprint density at radius 1 is 1.05 bits per heavy atom. The van der Waals surface area contributed by atoms with Crippen LogP contribution in [0.15, 0.2) is 42.5 Å². The summed E-state index contributed by atoms with van der Waals surface area (Å²) in [4.78, 5) is 2.59. The van der Waals surface area contributed by atoms with E-state index in [0.717, 1.165) is 13.1 Å². The zero-order chi connectivity index (χ0) is 13.0. The molecule has 1 aromatic rings. The average Bonchev–Trinajstić information content (AvgIpc) is 2.69. The van der Waals surface area contributed by atoms with Crippen LogP contribution in [-0.4, -0.2) is 30.1 Å². The Balaban J connectivity index is 1.56. The van der Waals surface area contributed by atoms with Crippen molar-refractivity contribution < 1.29 is 0 Å². The second-order valence-electron chi connectivity index (χ2n) is 5.93. The quantitative estimate of drug-likeness (QED) is 0.818. The third-order valence-corrected chi connectivity index (χ3v) is 4.55. The molecule has 1 aromatic carbocycles. The van der Waals surface area contributed by atoms with Gasteiger partial charge in [0, 0.05) is 25.2 Å². The maximum absolute atomic E-state index is 3.79. The van der Waals surface area contributed by atoms with Crippen LogP contribution in [0, 0.1) is 0 Å². The van der Waals surface area contributed by atoms with Gasteiger partial charge in [0.05, 0.1) is 0 Å². The van der Waals surface area contributed by atoms with Gasteiger partial charge in [-0.3, -0.25) is 4.90 Å². The van der Waals surface area contributed by atoms with E-state index in [1.165, 1.54) is 44.3 Å². The van der Waals surface area contributed by atoms with E-state index in [1.807, 2.05) is 0 Å². The minimum absolute atomic E-state index is 0.389. The van der Waals surface area contributed by atoms with Gasteiger partial charge in [0.2, 0.25) is 0 Å². The van der Waals surface area contributed by atoms with Crippen LogP contribution in [0.5, 0.6) is 0 Å². The monoisotopic (exact) mass is 256 g/mol. The highest BCUT2D eigenvalue weighted by atomic mass is 15.2. The molecule has 0 radical (unpaired) electrons. The van der Waals surface area contributed by atoms with Crippen molar-refractivity contribution in [3.63, 3.8) is 0 Å². The number of nitrogens with one attached hydrogen (secondary N) is 1. The summed E-state index contributed by atoms with van der Waals surface area (Å²) < 4.78 is 0. The van der Waals surface area contributed by atoms with Crippen LogP contribution in [-0.2, 0) is 6.54 Å². The number of benzene rings is 1. The summed E-state index contributed by atoms with van der Waals surface area (Å²) in [7, 11) is 0. The number of nitrogens with zero attached hydrogens (tertiary/aromatic N) is 1. The van der Waals surface area contributed by atoms with Gasteiger partial charge in [-0.25, -0.2) is 0 Å². The van der Waals surface area contributed by atoms with E-state index in [4.69, 9.17) is 0 Å². The maximum Gasteiger partial charge on any atom is 0.0240 e. The third-order valence-electron chi connectivity index (χ3n) is 4.55. The lowest BCUT2D eigenvalue weighted by Gasteiger charge is -2.42. The van der Waals surface area contributed by atoms with E-state index in [9.17, 15) is 0 Å². The highest BCUT2D eigenvalue weighted by Crippen LogP contribution is 2.28. The molecule has 2 nitrogen and oxygen atoms in total. The summed E-state index contributed by atoms with van der Waals surface area (Å²) in [5.74, 6) is 0. The molecule has 1 N–H and O–H groups in total. The first-order valence-corrected chi connectivity index (χ1v) is 7.53. The van der Waals surface area contributed by atoms with Gasteiger partial charge in [-0.15, -0.1) is 0 Å². The van der Waals surface area contributed by atoms with Crippen LogP contribution >= 0.6 is 0 Å². The maximum atomic E-state index is 3.79. The molecule has 2 aliphatic heterocycles. The molecule has 0 bridgehead atoms. The number of piperidine rings is 1. The SMILES string of the molecule is C1=CCC2(CCN(Cc3ccccc3)CC2)NCC1. The summed E-state index contributed by atoms with van der Waals surface area (Å²) in [6.45, 7) is 4.69. The Morgan fingerprint density at radius 3 is 2.63 bits per heavy atom. The van der Waals surface area contributed by atoms with Crippen LogP contribution < -0.4 is 5.32 Å². The van der Waals surface area contributed by atoms with Gasteiger partial charge in [-0.1, -0.05) is 42.5 Å². The molecule has 2 aliphatic rings. The first-order valence-electron chi connectivity index (χ1n) is 7.53. The van der Waals surface area contributed by atoms with Crippen molar-refractivity contribution in [3.8, 4) is 0 Å². The summed E-state index contributed by atoms with van der Waals surface area (Å²) in [6.07, 6.45) is 9.68. The van der Waals surface area contributed by atoms with Crippen LogP contribution in [0.2, 0.25) is 0 Å². The summed E-state index contributed by atoms with van der Waals surface area (Å²) in [6, 6.07) is 10.8. The molecule has 0 aromatic heterocycles. The largest absolute Gasteiger partial charge is 0.311 e. The van der Waals surface area contributed by atoms with Crippen molar-refractivity contribution in [2.24, 2.45) is 0 Å². The Hall–Kier alpha value is -1.12. The fourth-order valence-corrected chi connectivity index (χ4v) is 3.28. The standard InChI is InChI=1S/C17H24N2/c1-3-7-16(8-4-1)15-19-13-10-17(11-14-19)9-5-2-6-12-18-17/h1-5,7-8,18H,6,9-15H2. The van der Waals surface area contributed by atoms with E-state index in [1.54, 1.807) is 0 Å².